The highest BCUT2D eigenvalue weighted by Gasteiger charge is 2.12. The number of nitrogens with zero attached hydrogens (tertiary/aromatic N) is 1. The molecule has 15 heavy (non-hydrogen) atoms. The number of hydrogen-bond acceptors (Lipinski definition) is 4. The Hall–Kier alpha value is -1.99. The van der Waals surface area contributed by atoms with Crippen LogP contribution in [0.4, 0.5) is 0 Å². The van der Waals surface area contributed by atoms with Crippen LogP contribution in [0.2, 0.25) is 0 Å². The summed E-state index contributed by atoms with van der Waals surface area (Å²) in [5.41, 5.74) is 0. The Labute approximate surface area is 87.1 Å². The molecule has 2 rings (SSSR count). The van der Waals surface area contributed by atoms with Crippen LogP contribution < -0.4 is 5.32 Å². The molecule has 0 radical (unpaired) electrons. The van der Waals surface area contributed by atoms with Crippen LogP contribution in [0.15, 0.2) is 45.6 Å². The van der Waals surface area contributed by atoms with Crippen LogP contribution >= 0.6 is 0 Å². The molecule has 0 aliphatic carbocycles. The van der Waals surface area contributed by atoms with E-state index in [0.717, 1.165) is 5.76 Å². The van der Waals surface area contributed by atoms with Gasteiger partial charge in [0.25, 0.3) is 0 Å². The van der Waals surface area contributed by atoms with Gasteiger partial charge >= 0.3 is 0 Å². The van der Waals surface area contributed by atoms with E-state index >= 15 is 0 Å². The molecule has 2 aromatic rings. The van der Waals surface area contributed by atoms with E-state index in [1.807, 2.05) is 12.1 Å². The van der Waals surface area contributed by atoms with Gasteiger partial charge in [-0.3, -0.25) is 5.32 Å². The normalized spacial score (nSPS) is 12.2. The third-order valence-corrected chi connectivity index (χ3v) is 2.02. The van der Waals surface area contributed by atoms with E-state index in [9.17, 15) is 0 Å². The average Bonchev–Trinajstić information content (AvgIpc) is 2.90. The lowest BCUT2D eigenvalue weighted by Crippen LogP contribution is -2.18. The van der Waals surface area contributed by atoms with E-state index in [2.05, 4.69) is 11.4 Å². The van der Waals surface area contributed by atoms with Crippen molar-refractivity contribution in [3.05, 3.63) is 48.3 Å². The standard InChI is InChI=1S/C11H10N2O2/c12-7-10(11-4-2-6-15-11)13-8-9-3-1-5-14-9/h1-6,10,13H,8H2. The Balaban J connectivity index is 1.96. The molecule has 2 heterocycles. The van der Waals surface area contributed by atoms with Crippen molar-refractivity contribution in [1.82, 2.24) is 5.32 Å². The fraction of sp³-hybridized carbons (Fsp3) is 0.182. The summed E-state index contributed by atoms with van der Waals surface area (Å²) in [4.78, 5) is 0. The molecule has 0 aromatic carbocycles. The summed E-state index contributed by atoms with van der Waals surface area (Å²) in [7, 11) is 0. The first-order chi connectivity index (χ1) is 7.40. The van der Waals surface area contributed by atoms with Gasteiger partial charge < -0.3 is 8.83 Å². The second-order valence-electron chi connectivity index (χ2n) is 3.04. The van der Waals surface area contributed by atoms with Crippen molar-refractivity contribution >= 4 is 0 Å². The Kier molecular flexibility index (Phi) is 2.86. The molecule has 1 unspecified atom stereocenters. The van der Waals surface area contributed by atoms with Gasteiger partial charge in [-0.05, 0) is 24.3 Å². The van der Waals surface area contributed by atoms with E-state index in [1.165, 1.54) is 0 Å². The highest BCUT2D eigenvalue weighted by Crippen LogP contribution is 2.13. The lowest BCUT2D eigenvalue weighted by Gasteiger charge is -2.06. The molecule has 1 atom stereocenters. The molecule has 1 N–H and O–H groups in total. The summed E-state index contributed by atoms with van der Waals surface area (Å²) in [5.74, 6) is 1.41. The van der Waals surface area contributed by atoms with Crippen LogP contribution in [0, 0.1) is 11.3 Å². The molecule has 0 amide bonds. The quantitative estimate of drug-likeness (QED) is 0.825. The zero-order chi connectivity index (χ0) is 10.5. The van der Waals surface area contributed by atoms with E-state index in [0.29, 0.717) is 12.3 Å². The topological polar surface area (TPSA) is 62.1 Å². The first-order valence-electron chi connectivity index (χ1n) is 4.59. The zero-order valence-electron chi connectivity index (χ0n) is 8.01. The summed E-state index contributed by atoms with van der Waals surface area (Å²) >= 11 is 0. The van der Waals surface area contributed by atoms with Gasteiger partial charge in [0.1, 0.15) is 11.5 Å². The molecule has 0 spiro atoms. The van der Waals surface area contributed by atoms with Gasteiger partial charge in [0.05, 0.1) is 25.1 Å². The number of hydrogen-bond donors (Lipinski definition) is 1. The predicted octanol–water partition coefficient (Wildman–Crippen LogP) is 2.23. The third kappa shape index (κ3) is 2.27. The predicted molar refractivity (Wildman–Crippen MR) is 52.6 cm³/mol. The average molecular weight is 202 g/mol. The molecule has 0 aliphatic rings. The summed E-state index contributed by atoms with van der Waals surface area (Å²) in [6, 6.07) is 8.87. The minimum atomic E-state index is -0.440. The van der Waals surface area contributed by atoms with Gasteiger partial charge in [-0.2, -0.15) is 5.26 Å². The molecule has 0 saturated carbocycles. The highest BCUT2D eigenvalue weighted by atomic mass is 16.3. The summed E-state index contributed by atoms with van der Waals surface area (Å²) in [6.07, 6.45) is 3.15. The molecule has 0 bridgehead atoms. The van der Waals surface area contributed by atoms with Crippen LogP contribution in [-0.4, -0.2) is 0 Å². The Morgan fingerprint density at radius 2 is 2.07 bits per heavy atom. The van der Waals surface area contributed by atoms with Crippen molar-refractivity contribution in [2.24, 2.45) is 0 Å². The minimum Gasteiger partial charge on any atom is -0.468 e. The van der Waals surface area contributed by atoms with Crippen molar-refractivity contribution in [1.29, 1.82) is 5.26 Å². The van der Waals surface area contributed by atoms with E-state index < -0.39 is 6.04 Å². The second kappa shape index (κ2) is 4.49. The molecule has 0 saturated heterocycles. The Bertz CT molecular complexity index is 426. The molecular formula is C11H10N2O2. The lowest BCUT2D eigenvalue weighted by atomic mass is 10.2. The molecule has 0 fully saturated rings. The smallest absolute Gasteiger partial charge is 0.154 e. The number of nitriles is 1. The molecule has 76 valence electrons. The van der Waals surface area contributed by atoms with Crippen LogP contribution in [0.3, 0.4) is 0 Å². The Morgan fingerprint density at radius 1 is 1.27 bits per heavy atom. The SMILES string of the molecule is N#CC(NCc1ccco1)c1ccco1. The van der Waals surface area contributed by atoms with Crippen molar-refractivity contribution in [2.45, 2.75) is 12.6 Å². The van der Waals surface area contributed by atoms with Crippen LogP contribution in [0.5, 0.6) is 0 Å². The van der Waals surface area contributed by atoms with Crippen molar-refractivity contribution in [3.63, 3.8) is 0 Å². The number of furan rings is 2. The number of nitrogens with one attached hydrogen (secondary N) is 1. The fourth-order valence-electron chi connectivity index (χ4n) is 1.28. The maximum Gasteiger partial charge on any atom is 0.154 e. The first kappa shape index (κ1) is 9.56. The summed E-state index contributed by atoms with van der Waals surface area (Å²) < 4.78 is 10.3. The summed E-state index contributed by atoms with van der Waals surface area (Å²) in [5, 5.41) is 11.9. The van der Waals surface area contributed by atoms with Gasteiger partial charge in [0, 0.05) is 0 Å². The molecule has 2 aromatic heterocycles. The van der Waals surface area contributed by atoms with Gasteiger partial charge in [0.15, 0.2) is 6.04 Å². The van der Waals surface area contributed by atoms with E-state index in [-0.39, 0.29) is 0 Å². The lowest BCUT2D eigenvalue weighted by molar-refractivity contribution is 0.429. The van der Waals surface area contributed by atoms with Crippen LogP contribution in [-0.2, 0) is 6.54 Å². The Morgan fingerprint density at radius 3 is 2.67 bits per heavy atom. The van der Waals surface area contributed by atoms with E-state index in [4.69, 9.17) is 14.1 Å². The molecule has 4 nitrogen and oxygen atoms in total. The largest absolute Gasteiger partial charge is 0.468 e. The van der Waals surface area contributed by atoms with Crippen molar-refractivity contribution in [2.75, 3.05) is 0 Å². The van der Waals surface area contributed by atoms with Crippen LogP contribution in [0.25, 0.3) is 0 Å². The molecular weight excluding hydrogens is 192 g/mol. The van der Waals surface area contributed by atoms with Gasteiger partial charge in [-0.1, -0.05) is 0 Å². The maximum atomic E-state index is 8.92. The second-order valence-corrected chi connectivity index (χ2v) is 3.04. The van der Waals surface area contributed by atoms with Crippen LogP contribution in [0.1, 0.15) is 17.6 Å². The monoisotopic (exact) mass is 202 g/mol. The molecule has 4 heteroatoms. The van der Waals surface area contributed by atoms with E-state index in [1.54, 1.807) is 24.7 Å². The molecule has 0 aliphatic heterocycles. The van der Waals surface area contributed by atoms with Crippen molar-refractivity contribution in [3.8, 4) is 6.07 Å². The minimum absolute atomic E-state index is 0.440. The van der Waals surface area contributed by atoms with Gasteiger partial charge in [-0.15, -0.1) is 0 Å². The number of rotatable bonds is 4. The van der Waals surface area contributed by atoms with Crippen molar-refractivity contribution < 1.29 is 8.83 Å². The third-order valence-electron chi connectivity index (χ3n) is 2.02. The fourth-order valence-corrected chi connectivity index (χ4v) is 1.28. The van der Waals surface area contributed by atoms with Gasteiger partial charge in [0.2, 0.25) is 0 Å². The first-order valence-corrected chi connectivity index (χ1v) is 4.59. The highest BCUT2D eigenvalue weighted by molar-refractivity contribution is 5.12. The maximum absolute atomic E-state index is 8.92. The summed E-state index contributed by atoms with van der Waals surface area (Å²) in [6.45, 7) is 0.506. The zero-order valence-corrected chi connectivity index (χ0v) is 8.01. The van der Waals surface area contributed by atoms with Gasteiger partial charge in [-0.25, -0.2) is 0 Å².